The third-order valence-electron chi connectivity index (χ3n) is 3.44. The van der Waals surface area contributed by atoms with Gasteiger partial charge in [-0.3, -0.25) is 4.90 Å². The summed E-state index contributed by atoms with van der Waals surface area (Å²) in [6.45, 7) is 9.73. The van der Waals surface area contributed by atoms with E-state index in [0.29, 0.717) is 6.04 Å². The minimum absolute atomic E-state index is 0.226. The van der Waals surface area contributed by atoms with Crippen molar-refractivity contribution in [2.24, 2.45) is 11.1 Å². The number of piperidine rings is 1. The van der Waals surface area contributed by atoms with Gasteiger partial charge in [0.05, 0.1) is 10.7 Å². The van der Waals surface area contributed by atoms with Gasteiger partial charge in [0.2, 0.25) is 0 Å². The van der Waals surface area contributed by atoms with Gasteiger partial charge in [0.15, 0.2) is 0 Å². The molecule has 0 aliphatic carbocycles. The molecule has 2 heterocycles. The summed E-state index contributed by atoms with van der Waals surface area (Å²) in [5.41, 5.74) is 7.56. The fraction of sp³-hybridized carbons (Fsp3) is 0.750. The number of hydrogen-bond donors (Lipinski definition) is 1. The van der Waals surface area contributed by atoms with Gasteiger partial charge in [0, 0.05) is 31.1 Å². The van der Waals surface area contributed by atoms with Crippen LogP contribution < -0.4 is 5.73 Å². The van der Waals surface area contributed by atoms with Crippen molar-refractivity contribution in [3.8, 4) is 0 Å². The molecule has 1 saturated heterocycles. The molecule has 0 bridgehead atoms. The summed E-state index contributed by atoms with van der Waals surface area (Å²) in [7, 11) is 0. The van der Waals surface area contributed by atoms with Crippen LogP contribution in [0.5, 0.6) is 0 Å². The summed E-state index contributed by atoms with van der Waals surface area (Å²) in [6.07, 6.45) is 1.09. The maximum Gasteiger partial charge on any atom is 0.0897 e. The normalized spacial score (nSPS) is 25.9. The molecule has 1 atom stereocenters. The van der Waals surface area contributed by atoms with Crippen LogP contribution in [0.3, 0.4) is 0 Å². The SMILES string of the molecule is Cc1nc(CN2CCC(N)C(C)(C)C2)cs1. The molecule has 1 unspecified atom stereocenters. The molecule has 2 N–H and O–H groups in total. The minimum atomic E-state index is 0.226. The largest absolute Gasteiger partial charge is 0.327 e. The molecular weight excluding hydrogens is 218 g/mol. The lowest BCUT2D eigenvalue weighted by Crippen LogP contribution is -2.52. The number of thiazole rings is 1. The Kier molecular flexibility index (Phi) is 3.33. The Bertz CT molecular complexity index is 359. The van der Waals surface area contributed by atoms with Gasteiger partial charge in [0.1, 0.15) is 0 Å². The van der Waals surface area contributed by atoms with E-state index in [9.17, 15) is 0 Å². The fourth-order valence-electron chi connectivity index (χ4n) is 2.33. The molecule has 0 amide bonds. The molecule has 4 heteroatoms. The van der Waals surface area contributed by atoms with Crippen molar-refractivity contribution in [1.29, 1.82) is 0 Å². The lowest BCUT2D eigenvalue weighted by Gasteiger charge is -2.42. The van der Waals surface area contributed by atoms with E-state index in [1.807, 2.05) is 0 Å². The topological polar surface area (TPSA) is 42.2 Å². The average molecular weight is 239 g/mol. The fourth-order valence-corrected chi connectivity index (χ4v) is 2.93. The summed E-state index contributed by atoms with van der Waals surface area (Å²) in [4.78, 5) is 6.99. The molecule has 0 radical (unpaired) electrons. The Labute approximate surface area is 102 Å². The lowest BCUT2D eigenvalue weighted by atomic mass is 9.80. The van der Waals surface area contributed by atoms with Gasteiger partial charge in [-0.15, -0.1) is 11.3 Å². The Balaban J connectivity index is 1.97. The zero-order chi connectivity index (χ0) is 11.8. The zero-order valence-corrected chi connectivity index (χ0v) is 11.2. The first-order chi connectivity index (χ1) is 7.47. The molecule has 1 fully saturated rings. The molecule has 16 heavy (non-hydrogen) atoms. The number of aryl methyl sites for hydroxylation is 1. The maximum absolute atomic E-state index is 6.13. The molecule has 1 aliphatic heterocycles. The predicted molar refractivity (Wildman–Crippen MR) is 68.5 cm³/mol. The van der Waals surface area contributed by atoms with Crippen LogP contribution in [0, 0.1) is 12.3 Å². The van der Waals surface area contributed by atoms with Crippen molar-refractivity contribution >= 4 is 11.3 Å². The Morgan fingerprint density at radius 1 is 1.62 bits per heavy atom. The summed E-state index contributed by atoms with van der Waals surface area (Å²) >= 11 is 1.73. The van der Waals surface area contributed by atoms with Crippen LogP contribution in [-0.2, 0) is 6.54 Å². The van der Waals surface area contributed by atoms with Crippen LogP contribution in [0.15, 0.2) is 5.38 Å². The molecule has 0 aromatic carbocycles. The Morgan fingerprint density at radius 3 is 2.94 bits per heavy atom. The lowest BCUT2D eigenvalue weighted by molar-refractivity contribution is 0.0890. The summed E-state index contributed by atoms with van der Waals surface area (Å²) in [6, 6.07) is 0.334. The van der Waals surface area contributed by atoms with Crippen LogP contribution in [0.2, 0.25) is 0 Å². The maximum atomic E-state index is 6.13. The van der Waals surface area contributed by atoms with Crippen molar-refractivity contribution in [3.63, 3.8) is 0 Å². The van der Waals surface area contributed by atoms with Crippen LogP contribution in [0.1, 0.15) is 31.0 Å². The first kappa shape index (κ1) is 12.0. The highest BCUT2D eigenvalue weighted by Crippen LogP contribution is 2.28. The van der Waals surface area contributed by atoms with Gasteiger partial charge >= 0.3 is 0 Å². The van der Waals surface area contributed by atoms with Crippen LogP contribution in [-0.4, -0.2) is 29.0 Å². The number of nitrogens with zero attached hydrogens (tertiary/aromatic N) is 2. The molecule has 1 aliphatic rings. The van der Waals surface area contributed by atoms with Crippen molar-refractivity contribution in [2.45, 2.75) is 39.8 Å². The van der Waals surface area contributed by atoms with E-state index in [4.69, 9.17) is 5.73 Å². The monoisotopic (exact) mass is 239 g/mol. The number of nitrogens with two attached hydrogens (primary N) is 1. The van der Waals surface area contributed by atoms with Crippen molar-refractivity contribution in [2.75, 3.05) is 13.1 Å². The van der Waals surface area contributed by atoms with E-state index in [1.54, 1.807) is 11.3 Å². The number of hydrogen-bond acceptors (Lipinski definition) is 4. The number of aromatic nitrogens is 1. The van der Waals surface area contributed by atoms with E-state index >= 15 is 0 Å². The molecule has 2 rings (SSSR count). The third kappa shape index (κ3) is 2.62. The predicted octanol–water partition coefficient (Wildman–Crippen LogP) is 2.01. The Morgan fingerprint density at radius 2 is 2.38 bits per heavy atom. The zero-order valence-electron chi connectivity index (χ0n) is 10.4. The van der Waals surface area contributed by atoms with Crippen molar-refractivity contribution in [3.05, 3.63) is 16.1 Å². The average Bonchev–Trinajstić information content (AvgIpc) is 2.57. The van der Waals surface area contributed by atoms with Crippen LogP contribution >= 0.6 is 11.3 Å². The van der Waals surface area contributed by atoms with Crippen molar-refractivity contribution < 1.29 is 0 Å². The van der Waals surface area contributed by atoms with Gasteiger partial charge in [-0.25, -0.2) is 4.98 Å². The van der Waals surface area contributed by atoms with E-state index in [1.165, 1.54) is 5.69 Å². The minimum Gasteiger partial charge on any atom is -0.327 e. The van der Waals surface area contributed by atoms with Crippen LogP contribution in [0.4, 0.5) is 0 Å². The highest BCUT2D eigenvalue weighted by atomic mass is 32.1. The van der Waals surface area contributed by atoms with Gasteiger partial charge in [-0.1, -0.05) is 13.8 Å². The quantitative estimate of drug-likeness (QED) is 0.858. The number of rotatable bonds is 2. The number of likely N-dealkylation sites (tertiary alicyclic amines) is 1. The highest BCUT2D eigenvalue weighted by Gasteiger charge is 2.33. The highest BCUT2D eigenvalue weighted by molar-refractivity contribution is 7.09. The van der Waals surface area contributed by atoms with E-state index < -0.39 is 0 Å². The second-order valence-corrected chi connectivity index (χ2v) is 6.51. The molecule has 0 spiro atoms. The Hall–Kier alpha value is -0.450. The molecule has 0 saturated carbocycles. The van der Waals surface area contributed by atoms with Gasteiger partial charge in [-0.2, -0.15) is 0 Å². The van der Waals surface area contributed by atoms with Gasteiger partial charge < -0.3 is 5.73 Å². The third-order valence-corrected chi connectivity index (χ3v) is 4.27. The van der Waals surface area contributed by atoms with E-state index in [0.717, 1.165) is 31.1 Å². The van der Waals surface area contributed by atoms with Crippen LogP contribution in [0.25, 0.3) is 0 Å². The van der Waals surface area contributed by atoms with E-state index in [-0.39, 0.29) is 5.41 Å². The summed E-state index contributed by atoms with van der Waals surface area (Å²) in [5.74, 6) is 0. The first-order valence-electron chi connectivity index (χ1n) is 5.86. The van der Waals surface area contributed by atoms with Gasteiger partial charge in [0.25, 0.3) is 0 Å². The summed E-state index contributed by atoms with van der Waals surface area (Å²) in [5, 5.41) is 3.32. The molecule has 1 aromatic rings. The molecule has 90 valence electrons. The van der Waals surface area contributed by atoms with Crippen molar-refractivity contribution in [1.82, 2.24) is 9.88 Å². The first-order valence-corrected chi connectivity index (χ1v) is 6.74. The molecule has 3 nitrogen and oxygen atoms in total. The second-order valence-electron chi connectivity index (χ2n) is 5.45. The summed E-state index contributed by atoms with van der Waals surface area (Å²) < 4.78 is 0. The second kappa shape index (κ2) is 4.43. The molecular formula is C12H21N3S. The molecule has 1 aromatic heterocycles. The standard InChI is InChI=1S/C12H21N3S/c1-9-14-10(7-16-9)6-15-5-4-11(13)12(2,3)8-15/h7,11H,4-6,8,13H2,1-3H3. The van der Waals surface area contributed by atoms with E-state index in [2.05, 4.69) is 36.0 Å². The van der Waals surface area contributed by atoms with Gasteiger partial charge in [-0.05, 0) is 18.8 Å². The smallest absolute Gasteiger partial charge is 0.0897 e.